The minimum absolute atomic E-state index is 0. The van der Waals surface area contributed by atoms with Crippen LogP contribution in [0.2, 0.25) is 0 Å². The van der Waals surface area contributed by atoms with Crippen LogP contribution in [-0.4, -0.2) is 20.9 Å². The molecule has 0 atom stereocenters. The monoisotopic (exact) mass is 754 g/mol. The number of aryl methyl sites for hydroxylation is 2. The molecule has 0 unspecified atom stereocenters. The van der Waals surface area contributed by atoms with Gasteiger partial charge in [-0.1, -0.05) is 82.8 Å². The summed E-state index contributed by atoms with van der Waals surface area (Å²) in [5, 5.41) is 12.2. The van der Waals surface area contributed by atoms with Gasteiger partial charge < -0.3 is 5.11 Å². The molecule has 2 aromatic carbocycles. The molecule has 0 saturated heterocycles. The average molecular weight is 754 g/mol. The number of benzene rings is 2. The quantitative estimate of drug-likeness (QED) is 0.105. The summed E-state index contributed by atoms with van der Waals surface area (Å²) in [5.74, 6) is 0.997. The molecule has 1 radical (unpaired) electrons. The summed E-state index contributed by atoms with van der Waals surface area (Å²) in [5.41, 5.74) is 8.40. The van der Waals surface area contributed by atoms with Crippen LogP contribution in [0.1, 0.15) is 90.0 Å². The molecule has 5 rings (SSSR count). The van der Waals surface area contributed by atoms with Crippen molar-refractivity contribution in [3.05, 3.63) is 95.6 Å². The van der Waals surface area contributed by atoms with Crippen molar-refractivity contribution >= 4 is 16.6 Å². The van der Waals surface area contributed by atoms with Crippen molar-refractivity contribution < 1.29 is 30.0 Å². The molecule has 0 fully saturated rings. The number of aliphatic hydroxyl groups excluding tert-OH is 1. The Morgan fingerprint density at radius 1 is 0.907 bits per heavy atom. The zero-order valence-electron chi connectivity index (χ0n) is 26.4. The molecule has 43 heavy (non-hydrogen) atoms. The molecule has 0 amide bonds. The number of hydrogen-bond acceptors (Lipinski definition) is 4. The van der Waals surface area contributed by atoms with Gasteiger partial charge in [0.05, 0.1) is 5.76 Å². The van der Waals surface area contributed by atoms with Crippen LogP contribution < -0.4 is 0 Å². The van der Waals surface area contributed by atoms with Crippen LogP contribution >= 0.6 is 0 Å². The number of ketones is 1. The number of carbonyl (C=O) groups excluding carboxylic acids is 1. The number of allylic oxidation sites excluding steroid dienone is 2. The van der Waals surface area contributed by atoms with Gasteiger partial charge in [-0.25, -0.2) is 0 Å². The van der Waals surface area contributed by atoms with Crippen LogP contribution in [0.3, 0.4) is 0 Å². The fourth-order valence-corrected chi connectivity index (χ4v) is 5.87. The first-order valence-electron chi connectivity index (χ1n) is 15.6. The first kappa shape index (κ1) is 34.4. The van der Waals surface area contributed by atoms with E-state index < -0.39 is 0 Å². The van der Waals surface area contributed by atoms with E-state index >= 15 is 0 Å². The van der Waals surface area contributed by atoms with E-state index in [2.05, 4.69) is 67.4 Å². The van der Waals surface area contributed by atoms with Crippen LogP contribution in [0, 0.1) is 17.9 Å². The van der Waals surface area contributed by atoms with Crippen molar-refractivity contribution in [1.82, 2.24) is 9.97 Å². The van der Waals surface area contributed by atoms with Crippen molar-refractivity contribution in [3.8, 4) is 22.4 Å². The van der Waals surface area contributed by atoms with Crippen LogP contribution in [0.5, 0.6) is 0 Å². The van der Waals surface area contributed by atoms with E-state index in [4.69, 9.17) is 4.98 Å². The van der Waals surface area contributed by atoms with Crippen molar-refractivity contribution in [1.29, 1.82) is 0 Å². The Hall–Kier alpha value is -3.14. The SMILES string of the molecule is CC(C)c1cc(-c2cc3c(cn2)CCc2ncccc2-3)[c-]c2ccccc12.CCC(CC)C(=O)/C=C(\O)C(CC)CC.[Ir]. The minimum atomic E-state index is 0. The molecule has 0 bridgehead atoms. The zero-order chi connectivity index (χ0) is 30.2. The zero-order valence-corrected chi connectivity index (χ0v) is 28.8. The van der Waals surface area contributed by atoms with E-state index in [1.165, 1.54) is 39.4 Å². The smallest absolute Gasteiger partial charge is 0.162 e. The second kappa shape index (κ2) is 16.1. The number of fused-ring (bicyclic) bond motifs is 4. The Balaban J connectivity index is 0.000000274. The second-order valence-electron chi connectivity index (χ2n) is 11.6. The number of hydrogen-bond donors (Lipinski definition) is 1. The number of pyridine rings is 2. The summed E-state index contributed by atoms with van der Waals surface area (Å²) in [4.78, 5) is 21.1. The summed E-state index contributed by atoms with van der Waals surface area (Å²) in [7, 11) is 0. The first-order chi connectivity index (χ1) is 20.3. The molecule has 0 aliphatic heterocycles. The van der Waals surface area contributed by atoms with Gasteiger partial charge in [0.25, 0.3) is 0 Å². The predicted molar refractivity (Wildman–Crippen MR) is 175 cm³/mol. The van der Waals surface area contributed by atoms with Crippen molar-refractivity contribution in [2.24, 2.45) is 11.8 Å². The molecule has 1 N–H and O–H groups in total. The maximum absolute atomic E-state index is 11.7. The normalized spacial score (nSPS) is 12.4. The maximum Gasteiger partial charge on any atom is 0.162 e. The van der Waals surface area contributed by atoms with Gasteiger partial charge in [0.15, 0.2) is 5.78 Å². The molecule has 5 heteroatoms. The Morgan fingerprint density at radius 3 is 2.28 bits per heavy atom. The number of rotatable bonds is 9. The van der Waals surface area contributed by atoms with Gasteiger partial charge in [0, 0.05) is 67.4 Å². The predicted octanol–water partition coefficient (Wildman–Crippen LogP) is 9.85. The van der Waals surface area contributed by atoms with Gasteiger partial charge in [0.1, 0.15) is 0 Å². The largest absolute Gasteiger partial charge is 0.512 e. The Labute approximate surface area is 271 Å². The van der Waals surface area contributed by atoms with E-state index in [9.17, 15) is 9.90 Å². The van der Waals surface area contributed by atoms with Crippen molar-refractivity contribution in [3.63, 3.8) is 0 Å². The number of aromatic nitrogens is 2. The van der Waals surface area contributed by atoms with Gasteiger partial charge in [-0.2, -0.15) is 0 Å². The molecular weight excluding hydrogens is 709 g/mol. The molecule has 1 aliphatic rings. The van der Waals surface area contributed by atoms with Crippen LogP contribution in [0.25, 0.3) is 33.2 Å². The van der Waals surface area contributed by atoms with Gasteiger partial charge >= 0.3 is 0 Å². The average Bonchev–Trinajstić information content (AvgIpc) is 3.01. The molecule has 2 aromatic heterocycles. The summed E-state index contributed by atoms with van der Waals surface area (Å²) in [6.45, 7) is 12.6. The Bertz CT molecular complexity index is 1550. The topological polar surface area (TPSA) is 63.1 Å². The fourth-order valence-electron chi connectivity index (χ4n) is 5.87. The van der Waals surface area contributed by atoms with E-state index in [0.29, 0.717) is 5.92 Å². The van der Waals surface area contributed by atoms with Crippen molar-refractivity contribution in [2.75, 3.05) is 0 Å². The van der Waals surface area contributed by atoms with Crippen LogP contribution in [0.4, 0.5) is 0 Å². The summed E-state index contributed by atoms with van der Waals surface area (Å²) < 4.78 is 0. The van der Waals surface area contributed by atoms with Crippen LogP contribution in [0.15, 0.2) is 72.8 Å². The minimum Gasteiger partial charge on any atom is -0.512 e. The second-order valence-corrected chi connectivity index (χ2v) is 11.6. The number of carbonyl (C=O) groups is 1. The summed E-state index contributed by atoms with van der Waals surface area (Å²) >= 11 is 0. The molecular formula is C38H45IrN2O2-. The van der Waals surface area contributed by atoms with Gasteiger partial charge in [-0.3, -0.25) is 14.8 Å². The molecule has 4 nitrogen and oxygen atoms in total. The van der Waals surface area contributed by atoms with E-state index in [-0.39, 0.29) is 43.5 Å². The van der Waals surface area contributed by atoms with Gasteiger partial charge in [-0.05, 0) is 61.6 Å². The van der Waals surface area contributed by atoms with E-state index in [0.717, 1.165) is 55.2 Å². The van der Waals surface area contributed by atoms with E-state index in [1.54, 1.807) is 0 Å². The summed E-state index contributed by atoms with van der Waals surface area (Å²) in [6.07, 6.45) is 10.8. The Kier molecular flexibility index (Phi) is 12.8. The van der Waals surface area contributed by atoms with Crippen molar-refractivity contribution in [2.45, 2.75) is 86.0 Å². The molecule has 1 aliphatic carbocycles. The van der Waals surface area contributed by atoms with E-state index in [1.807, 2.05) is 46.2 Å². The van der Waals surface area contributed by atoms with Gasteiger partial charge in [-0.15, -0.1) is 29.1 Å². The maximum atomic E-state index is 11.7. The molecule has 0 spiro atoms. The first-order valence-corrected chi connectivity index (χ1v) is 15.6. The number of aliphatic hydroxyl groups is 1. The third-order valence-corrected chi connectivity index (χ3v) is 8.59. The standard InChI is InChI=1S/C25H21N2.C13H24O2.Ir/c1-16(2)22-13-19(12-17-6-3-4-7-20(17)22)25-14-23-18(15-27-25)9-10-24-21(23)8-5-11-26-24;1-5-10(6-2)12(14)9-13(15)11(7-3)8-4;/h3-8,11,13-16H,9-10H2,1-2H3;9-11,14H,5-8H2,1-4H3;/q-1;;/b;12-9-;. The third-order valence-electron chi connectivity index (χ3n) is 8.59. The summed E-state index contributed by atoms with van der Waals surface area (Å²) in [6, 6.07) is 20.8. The molecule has 2 heterocycles. The Morgan fingerprint density at radius 2 is 1.60 bits per heavy atom. The molecule has 229 valence electrons. The van der Waals surface area contributed by atoms with Gasteiger partial charge in [0.2, 0.25) is 0 Å². The molecule has 4 aromatic rings. The third kappa shape index (κ3) is 8.07. The molecule has 0 saturated carbocycles. The fraction of sp³-hybridized carbons (Fsp3) is 0.395. The van der Waals surface area contributed by atoms with Crippen LogP contribution in [-0.2, 0) is 37.7 Å². The number of nitrogens with zero attached hydrogens (tertiary/aromatic N) is 2.